The molecule has 2 N–H and O–H groups in total. The van der Waals surface area contributed by atoms with E-state index < -0.39 is 7.36 Å². The second-order valence-electron chi connectivity index (χ2n) is 6.83. The molecule has 2 saturated heterocycles. The zero-order chi connectivity index (χ0) is 13.8. The molecular formula is C14H23N2O2P. The molecular weight excluding hydrogens is 259 g/mol. The standard InChI is InChI=1S/C14H23N2O2P/c1-13(2)10-17-19(15-13,12-8-6-5-7-9-12)16-14(3,4)11-18-19/h5-9,15-16H,10-11H2,1-4H3. The summed E-state index contributed by atoms with van der Waals surface area (Å²) < 4.78 is 12.6. The molecule has 106 valence electrons. The van der Waals surface area contributed by atoms with Crippen molar-refractivity contribution in [2.45, 2.75) is 38.8 Å². The second kappa shape index (κ2) is 3.78. The summed E-state index contributed by atoms with van der Waals surface area (Å²) in [5.74, 6) is 0. The fourth-order valence-electron chi connectivity index (χ4n) is 2.90. The molecule has 2 fully saturated rings. The number of rotatable bonds is 1. The molecule has 2 aliphatic rings. The molecule has 0 atom stereocenters. The van der Waals surface area contributed by atoms with Crippen molar-refractivity contribution in [3.05, 3.63) is 30.3 Å². The first-order valence-corrected chi connectivity index (χ1v) is 8.80. The van der Waals surface area contributed by atoms with Crippen LogP contribution in [0.4, 0.5) is 0 Å². The number of hydrogen-bond acceptors (Lipinski definition) is 4. The van der Waals surface area contributed by atoms with E-state index in [2.05, 4.69) is 50.0 Å². The first-order valence-electron chi connectivity index (χ1n) is 6.73. The summed E-state index contributed by atoms with van der Waals surface area (Å²) >= 11 is 0. The fraction of sp³-hybridized carbons (Fsp3) is 0.571. The van der Waals surface area contributed by atoms with Crippen LogP contribution in [0, 0.1) is 0 Å². The third-order valence-electron chi connectivity index (χ3n) is 3.58. The predicted octanol–water partition coefficient (Wildman–Crippen LogP) is 2.32. The van der Waals surface area contributed by atoms with E-state index in [4.69, 9.17) is 9.05 Å². The van der Waals surface area contributed by atoms with Crippen LogP contribution in [0.5, 0.6) is 0 Å². The maximum atomic E-state index is 6.31. The van der Waals surface area contributed by atoms with Crippen molar-refractivity contribution < 1.29 is 9.05 Å². The van der Waals surface area contributed by atoms with Gasteiger partial charge in [0.2, 0.25) is 0 Å². The molecule has 2 aliphatic heterocycles. The van der Waals surface area contributed by atoms with E-state index in [1.165, 1.54) is 0 Å². The van der Waals surface area contributed by atoms with Crippen LogP contribution in [0.25, 0.3) is 0 Å². The second-order valence-corrected chi connectivity index (χ2v) is 10.2. The Bertz CT molecular complexity index is 475. The minimum atomic E-state index is -3.16. The van der Waals surface area contributed by atoms with Crippen molar-refractivity contribution in [1.82, 2.24) is 10.2 Å². The maximum absolute atomic E-state index is 6.31. The number of benzene rings is 1. The van der Waals surface area contributed by atoms with Gasteiger partial charge in [-0.05, 0) is 0 Å². The SMILES string of the molecule is CC1(C)COP2(c3ccccc3)(N1)NC(C)(C)CO2. The van der Waals surface area contributed by atoms with E-state index >= 15 is 0 Å². The average molecular weight is 282 g/mol. The Labute approximate surface area is 115 Å². The third kappa shape index (κ3) is 2.03. The van der Waals surface area contributed by atoms with Crippen molar-refractivity contribution in [3.63, 3.8) is 0 Å². The Morgan fingerprint density at radius 1 is 0.895 bits per heavy atom. The van der Waals surface area contributed by atoms with Crippen LogP contribution >= 0.6 is 7.36 Å². The van der Waals surface area contributed by atoms with Crippen LogP contribution < -0.4 is 15.5 Å². The average Bonchev–Trinajstić information content (AvgIpc) is 2.77. The van der Waals surface area contributed by atoms with E-state index in [-0.39, 0.29) is 11.1 Å². The molecule has 0 aromatic heterocycles. The Hall–Kier alpha value is -0.510. The van der Waals surface area contributed by atoms with Gasteiger partial charge >= 0.3 is 114 Å². The molecule has 0 bridgehead atoms. The van der Waals surface area contributed by atoms with Crippen molar-refractivity contribution in [2.24, 2.45) is 0 Å². The molecule has 0 unspecified atom stereocenters. The molecule has 0 saturated carbocycles. The number of hydrogen-bond donors (Lipinski definition) is 2. The normalized spacial score (nSPS) is 31.9. The number of nitrogens with one attached hydrogen (secondary N) is 2. The minimum absolute atomic E-state index is 0.0961. The zero-order valence-electron chi connectivity index (χ0n) is 12.1. The molecule has 5 heteroatoms. The van der Waals surface area contributed by atoms with E-state index in [9.17, 15) is 0 Å². The van der Waals surface area contributed by atoms with E-state index in [1.54, 1.807) is 0 Å². The molecule has 19 heavy (non-hydrogen) atoms. The van der Waals surface area contributed by atoms with Crippen LogP contribution in [-0.4, -0.2) is 24.3 Å². The molecule has 0 amide bonds. The molecule has 1 aromatic rings. The van der Waals surface area contributed by atoms with Crippen molar-refractivity contribution in [2.75, 3.05) is 13.2 Å². The van der Waals surface area contributed by atoms with Gasteiger partial charge in [0.1, 0.15) is 0 Å². The molecule has 4 nitrogen and oxygen atoms in total. The van der Waals surface area contributed by atoms with Crippen LogP contribution in [0.1, 0.15) is 27.7 Å². The van der Waals surface area contributed by atoms with Gasteiger partial charge in [-0.1, -0.05) is 0 Å². The van der Waals surface area contributed by atoms with Crippen molar-refractivity contribution in [1.29, 1.82) is 0 Å². The Morgan fingerprint density at radius 3 is 1.74 bits per heavy atom. The fourth-order valence-corrected chi connectivity index (χ4v) is 8.03. The first-order chi connectivity index (χ1) is 8.75. The van der Waals surface area contributed by atoms with Gasteiger partial charge < -0.3 is 0 Å². The third-order valence-corrected chi connectivity index (χ3v) is 8.08. The molecule has 3 rings (SSSR count). The molecule has 1 aromatic carbocycles. The van der Waals surface area contributed by atoms with Crippen LogP contribution in [-0.2, 0) is 9.05 Å². The van der Waals surface area contributed by atoms with Gasteiger partial charge in [0, 0.05) is 0 Å². The summed E-state index contributed by atoms with van der Waals surface area (Å²) in [5.41, 5.74) is -0.192. The first kappa shape index (κ1) is 13.5. The quantitative estimate of drug-likeness (QED) is 0.776. The van der Waals surface area contributed by atoms with Crippen molar-refractivity contribution in [3.8, 4) is 0 Å². The van der Waals surface area contributed by atoms with Gasteiger partial charge in [0.25, 0.3) is 0 Å². The van der Waals surface area contributed by atoms with Gasteiger partial charge in [0.05, 0.1) is 0 Å². The molecule has 0 radical (unpaired) electrons. The van der Waals surface area contributed by atoms with Crippen LogP contribution in [0.2, 0.25) is 0 Å². The van der Waals surface area contributed by atoms with Gasteiger partial charge in [-0.15, -0.1) is 0 Å². The topological polar surface area (TPSA) is 42.5 Å². The Balaban J connectivity index is 2.14. The zero-order valence-corrected chi connectivity index (χ0v) is 13.0. The summed E-state index contributed by atoms with van der Waals surface area (Å²) in [7, 11) is -3.16. The van der Waals surface area contributed by atoms with Gasteiger partial charge in [-0.3, -0.25) is 0 Å². The van der Waals surface area contributed by atoms with E-state index in [1.807, 2.05) is 18.2 Å². The van der Waals surface area contributed by atoms with Crippen LogP contribution in [0.15, 0.2) is 30.3 Å². The summed E-state index contributed by atoms with van der Waals surface area (Å²) in [4.78, 5) is 0. The molecule has 1 spiro atoms. The summed E-state index contributed by atoms with van der Waals surface area (Å²) in [5, 5.41) is 8.42. The van der Waals surface area contributed by atoms with Gasteiger partial charge in [0.15, 0.2) is 0 Å². The Kier molecular flexibility index (Phi) is 2.68. The summed E-state index contributed by atoms with van der Waals surface area (Å²) in [6.07, 6.45) is 0. The monoisotopic (exact) mass is 282 g/mol. The van der Waals surface area contributed by atoms with Crippen molar-refractivity contribution >= 4 is 12.7 Å². The van der Waals surface area contributed by atoms with Crippen LogP contribution in [0.3, 0.4) is 0 Å². The predicted molar refractivity (Wildman–Crippen MR) is 79.3 cm³/mol. The van der Waals surface area contributed by atoms with Gasteiger partial charge in [-0.2, -0.15) is 0 Å². The van der Waals surface area contributed by atoms with E-state index in [0.29, 0.717) is 13.2 Å². The Morgan fingerprint density at radius 2 is 1.37 bits per heavy atom. The van der Waals surface area contributed by atoms with E-state index in [0.717, 1.165) is 5.30 Å². The molecule has 0 aliphatic carbocycles. The summed E-state index contributed by atoms with van der Waals surface area (Å²) in [6.45, 7) is 9.87. The summed E-state index contributed by atoms with van der Waals surface area (Å²) in [6, 6.07) is 10.2. The van der Waals surface area contributed by atoms with Gasteiger partial charge in [-0.25, -0.2) is 0 Å². The molecule has 2 heterocycles.